The van der Waals surface area contributed by atoms with Gasteiger partial charge in [0.2, 0.25) is 0 Å². The van der Waals surface area contributed by atoms with E-state index >= 15 is 0 Å². The Morgan fingerprint density at radius 2 is 2.08 bits per heavy atom. The molecule has 0 radical (unpaired) electrons. The van der Waals surface area contributed by atoms with Crippen LogP contribution in [0.25, 0.3) is 0 Å². The highest BCUT2D eigenvalue weighted by molar-refractivity contribution is 7.82. The van der Waals surface area contributed by atoms with E-state index in [9.17, 15) is 0 Å². The van der Waals surface area contributed by atoms with Crippen LogP contribution in [-0.2, 0) is 0 Å². The number of hydrogen-bond donors (Lipinski definition) is 0. The maximum absolute atomic E-state index is 5.73. The third-order valence-corrected chi connectivity index (χ3v) is 1.71. The zero-order valence-corrected chi connectivity index (χ0v) is 9.04. The molecule has 0 aromatic heterocycles. The number of ether oxygens (including phenoxy) is 2. The van der Waals surface area contributed by atoms with E-state index in [-0.39, 0.29) is 4.51 Å². The summed E-state index contributed by atoms with van der Waals surface area (Å²) in [6.07, 6.45) is 0. The second-order valence-corrected chi connectivity index (χ2v) is 3.51. The number of hydrogen-bond acceptors (Lipinski definition) is 3. The molecule has 0 bridgehead atoms. The van der Waals surface area contributed by atoms with Gasteiger partial charge in [0.15, 0.2) is 11.5 Å². The van der Waals surface area contributed by atoms with Gasteiger partial charge in [0.05, 0.1) is 7.11 Å². The molecular weight excluding hydrogens is 231 g/mol. The normalized spacial score (nSPS) is 9.46. The predicted molar refractivity (Wildman–Crippen MR) is 57.1 cm³/mol. The van der Waals surface area contributed by atoms with E-state index in [4.69, 9.17) is 32.7 Å². The Labute approximate surface area is 91.4 Å². The highest BCUT2D eigenvalue weighted by Gasteiger charge is 2.05. The quantitative estimate of drug-likeness (QED) is 0.581. The van der Waals surface area contributed by atoms with Gasteiger partial charge in [-0.1, -0.05) is 11.6 Å². The smallest absolute Gasteiger partial charge is 0.261 e. The van der Waals surface area contributed by atoms with E-state index in [1.54, 1.807) is 18.2 Å². The summed E-state index contributed by atoms with van der Waals surface area (Å²) < 4.78 is 9.92. The molecule has 1 rings (SSSR count). The van der Waals surface area contributed by atoms with Crippen LogP contribution in [0.4, 0.5) is 0 Å². The molecule has 70 valence electrons. The molecule has 5 heteroatoms. The van der Waals surface area contributed by atoms with E-state index in [1.807, 2.05) is 0 Å². The molecule has 0 aliphatic heterocycles. The van der Waals surface area contributed by atoms with Crippen molar-refractivity contribution in [3.8, 4) is 11.5 Å². The Balaban J connectivity index is 2.99. The molecule has 1 aromatic rings. The molecule has 0 aliphatic carbocycles. The van der Waals surface area contributed by atoms with Crippen LogP contribution in [0.5, 0.6) is 11.5 Å². The molecule has 0 spiro atoms. The Kier molecular flexibility index (Phi) is 3.78. The van der Waals surface area contributed by atoms with Crippen molar-refractivity contribution < 1.29 is 9.47 Å². The lowest BCUT2D eigenvalue weighted by atomic mass is 10.3. The van der Waals surface area contributed by atoms with Crippen LogP contribution in [0.2, 0.25) is 5.02 Å². The Morgan fingerprint density at radius 1 is 1.38 bits per heavy atom. The fourth-order valence-corrected chi connectivity index (χ4v) is 1.15. The van der Waals surface area contributed by atoms with Crippen LogP contribution in [0.1, 0.15) is 0 Å². The Bertz CT molecular complexity index is 328. The fraction of sp³-hybridized carbons (Fsp3) is 0.125. The third-order valence-electron chi connectivity index (χ3n) is 1.32. The minimum absolute atomic E-state index is 0.0828. The Hall–Kier alpha value is -0.510. The zero-order chi connectivity index (χ0) is 9.84. The molecule has 0 fully saturated rings. The van der Waals surface area contributed by atoms with Crippen molar-refractivity contribution in [2.75, 3.05) is 7.11 Å². The number of rotatable bonds is 2. The van der Waals surface area contributed by atoms with Gasteiger partial charge < -0.3 is 9.47 Å². The molecule has 13 heavy (non-hydrogen) atoms. The third kappa shape index (κ3) is 3.03. The summed E-state index contributed by atoms with van der Waals surface area (Å²) in [5.74, 6) is 0.947. The van der Waals surface area contributed by atoms with Crippen LogP contribution < -0.4 is 9.47 Å². The molecule has 0 unspecified atom stereocenters. The average Bonchev–Trinajstić information content (AvgIpc) is 2.07. The maximum Gasteiger partial charge on any atom is 0.261 e. The van der Waals surface area contributed by atoms with E-state index < -0.39 is 0 Å². The van der Waals surface area contributed by atoms with Gasteiger partial charge in [-0.25, -0.2) is 0 Å². The molecule has 0 N–H and O–H groups in total. The summed E-state index contributed by atoms with van der Waals surface area (Å²) in [5, 5.41) is 0.560. The molecule has 1 aromatic carbocycles. The minimum Gasteiger partial charge on any atom is -0.493 e. The molecule has 2 nitrogen and oxygen atoms in total. The van der Waals surface area contributed by atoms with Gasteiger partial charge in [-0.05, 0) is 36.0 Å². The number of thiocarbonyl (C=S) groups is 1. The van der Waals surface area contributed by atoms with Gasteiger partial charge in [0, 0.05) is 11.1 Å². The van der Waals surface area contributed by atoms with Crippen LogP contribution in [0.15, 0.2) is 18.2 Å². The van der Waals surface area contributed by atoms with Crippen LogP contribution in [0, 0.1) is 0 Å². The lowest BCUT2D eigenvalue weighted by Gasteiger charge is -2.07. The lowest BCUT2D eigenvalue weighted by Crippen LogP contribution is -1.98. The van der Waals surface area contributed by atoms with E-state index in [0.29, 0.717) is 16.5 Å². The van der Waals surface area contributed by atoms with Gasteiger partial charge in [0.25, 0.3) is 4.51 Å². The first kappa shape index (κ1) is 10.6. The molecule has 0 amide bonds. The minimum atomic E-state index is -0.0828. The van der Waals surface area contributed by atoms with Gasteiger partial charge in [0.1, 0.15) is 0 Å². The first-order chi connectivity index (χ1) is 6.13. The summed E-state index contributed by atoms with van der Waals surface area (Å²) in [5.41, 5.74) is 0. The second-order valence-electron chi connectivity index (χ2n) is 2.13. The summed E-state index contributed by atoms with van der Waals surface area (Å²) in [6, 6.07) is 4.91. The molecule has 0 atom stereocenters. The van der Waals surface area contributed by atoms with Crippen molar-refractivity contribution in [1.29, 1.82) is 0 Å². The molecule has 0 aliphatic rings. The number of halogens is 2. The van der Waals surface area contributed by atoms with Gasteiger partial charge in [-0.2, -0.15) is 0 Å². The molecular formula is C8H6Cl2O2S. The van der Waals surface area contributed by atoms with Crippen molar-refractivity contribution in [2.24, 2.45) is 0 Å². The van der Waals surface area contributed by atoms with Crippen molar-refractivity contribution in [1.82, 2.24) is 0 Å². The van der Waals surface area contributed by atoms with E-state index in [0.717, 1.165) is 0 Å². The number of benzene rings is 1. The summed E-state index contributed by atoms with van der Waals surface area (Å²) in [6.45, 7) is 0. The van der Waals surface area contributed by atoms with Gasteiger partial charge in [-0.15, -0.1) is 0 Å². The molecule has 0 saturated heterocycles. The Morgan fingerprint density at radius 3 is 2.62 bits per heavy atom. The summed E-state index contributed by atoms with van der Waals surface area (Å²) >= 11 is 15.7. The van der Waals surface area contributed by atoms with Crippen molar-refractivity contribution >= 4 is 39.9 Å². The van der Waals surface area contributed by atoms with E-state index in [2.05, 4.69) is 12.2 Å². The fourth-order valence-electron chi connectivity index (χ4n) is 0.812. The van der Waals surface area contributed by atoms with Gasteiger partial charge in [-0.3, -0.25) is 0 Å². The number of methoxy groups -OCH3 is 1. The van der Waals surface area contributed by atoms with Crippen molar-refractivity contribution in [3.05, 3.63) is 23.2 Å². The maximum atomic E-state index is 5.73. The zero-order valence-electron chi connectivity index (χ0n) is 6.71. The first-order valence-electron chi connectivity index (χ1n) is 3.34. The SMILES string of the molecule is COc1cc(Cl)ccc1OC(=S)Cl. The highest BCUT2D eigenvalue weighted by atomic mass is 35.5. The van der Waals surface area contributed by atoms with Crippen LogP contribution >= 0.6 is 35.4 Å². The average molecular weight is 237 g/mol. The van der Waals surface area contributed by atoms with Gasteiger partial charge >= 0.3 is 0 Å². The summed E-state index contributed by atoms with van der Waals surface area (Å²) in [4.78, 5) is 0. The monoisotopic (exact) mass is 236 g/mol. The second kappa shape index (κ2) is 4.65. The summed E-state index contributed by atoms with van der Waals surface area (Å²) in [7, 11) is 1.51. The van der Waals surface area contributed by atoms with Crippen LogP contribution in [-0.4, -0.2) is 11.6 Å². The van der Waals surface area contributed by atoms with Crippen molar-refractivity contribution in [3.63, 3.8) is 0 Å². The first-order valence-corrected chi connectivity index (χ1v) is 4.50. The van der Waals surface area contributed by atoms with Crippen molar-refractivity contribution in [2.45, 2.75) is 0 Å². The highest BCUT2D eigenvalue weighted by Crippen LogP contribution is 2.30. The predicted octanol–water partition coefficient (Wildman–Crippen LogP) is 3.25. The molecule has 0 saturated carbocycles. The topological polar surface area (TPSA) is 18.5 Å². The largest absolute Gasteiger partial charge is 0.493 e. The van der Waals surface area contributed by atoms with Crippen LogP contribution in [0.3, 0.4) is 0 Å². The molecule has 0 heterocycles. The van der Waals surface area contributed by atoms with E-state index in [1.165, 1.54) is 7.11 Å². The standard InChI is InChI=1S/C8H6Cl2O2S/c1-11-7-4-5(9)2-3-6(7)12-8(10)13/h2-4H,1H3. The lowest BCUT2D eigenvalue weighted by molar-refractivity contribution is 0.394.